The van der Waals surface area contributed by atoms with Gasteiger partial charge < -0.3 is 10.1 Å². The van der Waals surface area contributed by atoms with E-state index in [1.165, 1.54) is 0 Å². The number of nitrogens with zero attached hydrogens (tertiary/aromatic N) is 2. The van der Waals surface area contributed by atoms with E-state index < -0.39 is 0 Å². The van der Waals surface area contributed by atoms with Gasteiger partial charge in [-0.3, -0.25) is 0 Å². The van der Waals surface area contributed by atoms with Gasteiger partial charge in [-0.15, -0.1) is 11.8 Å². The van der Waals surface area contributed by atoms with Crippen LogP contribution in [0.4, 0.5) is 5.82 Å². The topological polar surface area (TPSA) is 47.0 Å². The molecule has 0 atom stereocenters. The molecule has 1 aromatic rings. The summed E-state index contributed by atoms with van der Waals surface area (Å²) in [6.07, 6.45) is 3.08. The van der Waals surface area contributed by atoms with Crippen molar-refractivity contribution in [3.63, 3.8) is 0 Å². The summed E-state index contributed by atoms with van der Waals surface area (Å²) in [7, 11) is 1.65. The van der Waals surface area contributed by atoms with Crippen LogP contribution in [0.5, 0.6) is 0 Å². The molecule has 0 radical (unpaired) electrons. The molecule has 0 aliphatic carbocycles. The highest BCUT2D eigenvalue weighted by Crippen LogP contribution is 2.16. The average Bonchev–Trinajstić information content (AvgIpc) is 2.26. The van der Waals surface area contributed by atoms with Crippen molar-refractivity contribution in [3.8, 4) is 0 Å². The van der Waals surface area contributed by atoms with E-state index in [9.17, 15) is 0 Å². The van der Waals surface area contributed by atoms with E-state index in [0.29, 0.717) is 6.61 Å². The van der Waals surface area contributed by atoms with Crippen LogP contribution in [0.2, 0.25) is 0 Å². The Morgan fingerprint density at radius 3 is 2.87 bits per heavy atom. The van der Waals surface area contributed by atoms with Crippen LogP contribution in [-0.4, -0.2) is 29.9 Å². The highest BCUT2D eigenvalue weighted by Gasteiger charge is 2.03. The summed E-state index contributed by atoms with van der Waals surface area (Å²) in [5, 5.41) is 4.22. The number of nitrogens with one attached hydrogen (secondary N) is 1. The van der Waals surface area contributed by atoms with Gasteiger partial charge in [0, 0.05) is 19.7 Å². The molecule has 1 aromatic heterocycles. The van der Waals surface area contributed by atoms with Gasteiger partial charge in [-0.1, -0.05) is 6.92 Å². The number of thioether (sulfide) groups is 1. The van der Waals surface area contributed by atoms with E-state index in [0.717, 1.165) is 29.6 Å². The lowest BCUT2D eigenvalue weighted by molar-refractivity contribution is 0.177. The highest BCUT2D eigenvalue weighted by molar-refractivity contribution is 7.98. The van der Waals surface area contributed by atoms with Gasteiger partial charge in [0.05, 0.1) is 0 Å². The molecule has 15 heavy (non-hydrogen) atoms. The first-order chi connectivity index (χ1) is 7.30. The molecular weight excluding hydrogens is 210 g/mol. The molecule has 0 bridgehead atoms. The summed E-state index contributed by atoms with van der Waals surface area (Å²) in [6.45, 7) is 3.51. The summed E-state index contributed by atoms with van der Waals surface area (Å²) < 4.78 is 5.02. The summed E-state index contributed by atoms with van der Waals surface area (Å²) in [6, 6.07) is 1.96. The minimum absolute atomic E-state index is 0.454. The van der Waals surface area contributed by atoms with Crippen molar-refractivity contribution in [2.75, 3.05) is 25.2 Å². The standard InChI is InChI=1S/C10H17N3OS/c1-4-5-11-8-6-10(15-3)13-9(12-8)7-14-2/h6H,4-5,7H2,1-3H3,(H,11,12,13). The lowest BCUT2D eigenvalue weighted by Gasteiger charge is -2.07. The van der Waals surface area contributed by atoms with Crippen LogP contribution in [0.3, 0.4) is 0 Å². The van der Waals surface area contributed by atoms with Crippen LogP contribution in [-0.2, 0) is 11.3 Å². The smallest absolute Gasteiger partial charge is 0.157 e. The molecule has 0 aliphatic heterocycles. The fourth-order valence-corrected chi connectivity index (χ4v) is 1.54. The molecule has 0 fully saturated rings. The van der Waals surface area contributed by atoms with Gasteiger partial charge in [-0.05, 0) is 12.7 Å². The van der Waals surface area contributed by atoms with Crippen LogP contribution < -0.4 is 5.32 Å². The Kier molecular flexibility index (Phi) is 5.42. The molecule has 1 heterocycles. The normalized spacial score (nSPS) is 10.3. The summed E-state index contributed by atoms with van der Waals surface area (Å²) in [5.74, 6) is 1.60. The number of hydrogen-bond donors (Lipinski definition) is 1. The van der Waals surface area contributed by atoms with E-state index in [2.05, 4.69) is 22.2 Å². The van der Waals surface area contributed by atoms with Gasteiger partial charge in [0.25, 0.3) is 0 Å². The predicted molar refractivity (Wildman–Crippen MR) is 63.3 cm³/mol. The van der Waals surface area contributed by atoms with E-state index in [-0.39, 0.29) is 0 Å². The van der Waals surface area contributed by atoms with Gasteiger partial charge in [0.1, 0.15) is 17.5 Å². The molecule has 1 N–H and O–H groups in total. The minimum Gasteiger partial charge on any atom is -0.377 e. The quantitative estimate of drug-likeness (QED) is 0.596. The van der Waals surface area contributed by atoms with Gasteiger partial charge in [-0.25, -0.2) is 9.97 Å². The van der Waals surface area contributed by atoms with Crippen molar-refractivity contribution in [1.82, 2.24) is 9.97 Å². The van der Waals surface area contributed by atoms with Crippen molar-refractivity contribution in [2.24, 2.45) is 0 Å². The van der Waals surface area contributed by atoms with Crippen LogP contribution in [0.1, 0.15) is 19.2 Å². The van der Waals surface area contributed by atoms with Crippen LogP contribution in [0.15, 0.2) is 11.1 Å². The number of rotatable bonds is 6. The molecule has 0 saturated carbocycles. The van der Waals surface area contributed by atoms with Crippen molar-refractivity contribution in [3.05, 3.63) is 11.9 Å². The summed E-state index contributed by atoms with van der Waals surface area (Å²) >= 11 is 1.61. The lowest BCUT2D eigenvalue weighted by Crippen LogP contribution is -2.06. The fourth-order valence-electron chi connectivity index (χ4n) is 1.11. The molecule has 5 heteroatoms. The molecule has 0 amide bonds. The Morgan fingerprint density at radius 1 is 1.47 bits per heavy atom. The van der Waals surface area contributed by atoms with Crippen molar-refractivity contribution in [1.29, 1.82) is 0 Å². The maximum absolute atomic E-state index is 5.02. The van der Waals surface area contributed by atoms with Crippen LogP contribution in [0.25, 0.3) is 0 Å². The Hall–Kier alpha value is -0.810. The second kappa shape index (κ2) is 6.63. The number of aromatic nitrogens is 2. The van der Waals surface area contributed by atoms with Crippen molar-refractivity contribution >= 4 is 17.6 Å². The third-order valence-corrected chi connectivity index (χ3v) is 2.42. The molecule has 0 aliphatic rings. The third kappa shape index (κ3) is 4.05. The summed E-state index contributed by atoms with van der Waals surface area (Å²) in [4.78, 5) is 8.68. The molecule has 0 spiro atoms. The molecule has 0 aromatic carbocycles. The van der Waals surface area contributed by atoms with Gasteiger partial charge in [-0.2, -0.15) is 0 Å². The van der Waals surface area contributed by atoms with Gasteiger partial charge in [0.15, 0.2) is 5.82 Å². The van der Waals surface area contributed by atoms with E-state index >= 15 is 0 Å². The van der Waals surface area contributed by atoms with Crippen LogP contribution >= 0.6 is 11.8 Å². The number of anilines is 1. The van der Waals surface area contributed by atoms with Crippen LogP contribution in [0, 0.1) is 0 Å². The zero-order valence-electron chi connectivity index (χ0n) is 9.41. The number of ether oxygens (including phenoxy) is 1. The van der Waals surface area contributed by atoms with Crippen molar-refractivity contribution in [2.45, 2.75) is 25.0 Å². The first kappa shape index (κ1) is 12.3. The molecule has 4 nitrogen and oxygen atoms in total. The van der Waals surface area contributed by atoms with E-state index in [1.54, 1.807) is 18.9 Å². The first-order valence-electron chi connectivity index (χ1n) is 4.95. The van der Waals surface area contributed by atoms with E-state index in [4.69, 9.17) is 4.74 Å². The Balaban J connectivity index is 2.79. The second-order valence-corrected chi connectivity index (χ2v) is 3.90. The minimum atomic E-state index is 0.454. The molecule has 1 rings (SSSR count). The van der Waals surface area contributed by atoms with E-state index in [1.807, 2.05) is 12.3 Å². The monoisotopic (exact) mass is 227 g/mol. The molecular formula is C10H17N3OS. The van der Waals surface area contributed by atoms with Crippen molar-refractivity contribution < 1.29 is 4.74 Å². The molecule has 84 valence electrons. The Labute approximate surface area is 94.8 Å². The molecule has 0 saturated heterocycles. The fraction of sp³-hybridized carbons (Fsp3) is 0.600. The average molecular weight is 227 g/mol. The van der Waals surface area contributed by atoms with Gasteiger partial charge >= 0.3 is 0 Å². The predicted octanol–water partition coefficient (Wildman–Crippen LogP) is 2.17. The SMILES string of the molecule is CCCNc1cc(SC)nc(COC)n1. The largest absolute Gasteiger partial charge is 0.377 e. The maximum atomic E-state index is 5.02. The number of hydrogen-bond acceptors (Lipinski definition) is 5. The first-order valence-corrected chi connectivity index (χ1v) is 6.17. The zero-order valence-corrected chi connectivity index (χ0v) is 10.2. The Bertz CT molecular complexity index is 307. The third-order valence-electron chi connectivity index (χ3n) is 1.79. The van der Waals surface area contributed by atoms with Gasteiger partial charge in [0.2, 0.25) is 0 Å². The highest BCUT2D eigenvalue weighted by atomic mass is 32.2. The second-order valence-electron chi connectivity index (χ2n) is 3.07. The Morgan fingerprint density at radius 2 is 2.27 bits per heavy atom. The molecule has 0 unspecified atom stereocenters. The maximum Gasteiger partial charge on any atom is 0.157 e. The summed E-state index contributed by atoms with van der Waals surface area (Å²) in [5.41, 5.74) is 0. The zero-order chi connectivity index (χ0) is 11.1. The number of methoxy groups -OCH3 is 1. The lowest BCUT2D eigenvalue weighted by atomic mass is 10.4.